The van der Waals surface area contributed by atoms with Gasteiger partial charge < -0.3 is 5.11 Å². The average molecular weight is 244 g/mol. The highest BCUT2D eigenvalue weighted by Crippen LogP contribution is 2.39. The monoisotopic (exact) mass is 244 g/mol. The summed E-state index contributed by atoms with van der Waals surface area (Å²) in [6, 6.07) is 9.00. The lowest BCUT2D eigenvalue weighted by molar-refractivity contribution is 0.151. The molecule has 0 atom stereocenters. The molecule has 1 heteroatoms. The minimum absolute atomic E-state index is 0.359. The Kier molecular flexibility index (Phi) is 3.43. The minimum atomic E-state index is -0.359. The topological polar surface area (TPSA) is 20.2 Å². The molecule has 3 rings (SSSR count). The first-order valence-corrected chi connectivity index (χ1v) is 7.56. The van der Waals surface area contributed by atoms with Gasteiger partial charge in [0.05, 0.1) is 5.60 Å². The Morgan fingerprint density at radius 3 is 2.44 bits per heavy atom. The first-order chi connectivity index (χ1) is 8.75. The van der Waals surface area contributed by atoms with Gasteiger partial charge in [-0.15, -0.1) is 0 Å². The van der Waals surface area contributed by atoms with Crippen LogP contribution in [0.15, 0.2) is 24.3 Å². The predicted octanol–water partition coefficient (Wildman–Crippen LogP) is 4.19. The maximum atomic E-state index is 10.0. The first-order valence-electron chi connectivity index (χ1n) is 7.56. The zero-order valence-electron chi connectivity index (χ0n) is 11.2. The summed E-state index contributed by atoms with van der Waals surface area (Å²) in [6.07, 6.45) is 11.1. The Morgan fingerprint density at radius 1 is 1.06 bits per heavy atom. The maximum Gasteiger partial charge on any atom is 0.0690 e. The number of hydrogen-bond donors (Lipinski definition) is 1. The summed E-state index contributed by atoms with van der Waals surface area (Å²) in [6.45, 7) is 0. The molecule has 0 radical (unpaired) electrons. The van der Waals surface area contributed by atoms with Crippen LogP contribution in [-0.2, 0) is 6.42 Å². The summed E-state index contributed by atoms with van der Waals surface area (Å²) < 4.78 is 0. The third-order valence-corrected chi connectivity index (χ3v) is 4.64. The minimum Gasteiger partial charge on any atom is -0.390 e. The van der Waals surface area contributed by atoms with Crippen LogP contribution in [0.5, 0.6) is 0 Å². The van der Waals surface area contributed by atoms with Crippen molar-refractivity contribution >= 4 is 0 Å². The molecule has 0 saturated heterocycles. The molecule has 0 unspecified atom stereocenters. The normalized spacial score (nSPS) is 23.6. The molecule has 2 fully saturated rings. The van der Waals surface area contributed by atoms with Crippen LogP contribution >= 0.6 is 0 Å². The van der Waals surface area contributed by atoms with Crippen LogP contribution in [0.4, 0.5) is 0 Å². The van der Waals surface area contributed by atoms with E-state index in [9.17, 15) is 5.11 Å². The first kappa shape index (κ1) is 12.2. The molecule has 2 aliphatic carbocycles. The van der Waals surface area contributed by atoms with Gasteiger partial charge in [-0.1, -0.05) is 49.9 Å². The third kappa shape index (κ3) is 2.95. The van der Waals surface area contributed by atoms with Crippen LogP contribution in [0.1, 0.15) is 68.4 Å². The summed E-state index contributed by atoms with van der Waals surface area (Å²) in [5.41, 5.74) is 2.48. The quantitative estimate of drug-likeness (QED) is 0.790. The van der Waals surface area contributed by atoms with Gasteiger partial charge in [0, 0.05) is 6.42 Å². The van der Waals surface area contributed by atoms with E-state index in [0.717, 1.165) is 25.2 Å². The van der Waals surface area contributed by atoms with Crippen LogP contribution in [0.25, 0.3) is 0 Å². The van der Waals surface area contributed by atoms with E-state index in [1.807, 2.05) is 0 Å². The summed E-state index contributed by atoms with van der Waals surface area (Å²) >= 11 is 0. The lowest BCUT2D eigenvalue weighted by atomic mass is 9.90. The van der Waals surface area contributed by atoms with Crippen LogP contribution in [0.3, 0.4) is 0 Å². The van der Waals surface area contributed by atoms with Gasteiger partial charge in [-0.3, -0.25) is 0 Å². The van der Waals surface area contributed by atoms with E-state index in [1.165, 1.54) is 49.7 Å². The van der Waals surface area contributed by atoms with E-state index in [4.69, 9.17) is 0 Å². The van der Waals surface area contributed by atoms with Gasteiger partial charge in [-0.2, -0.15) is 0 Å². The van der Waals surface area contributed by atoms with Crippen molar-refractivity contribution in [2.75, 3.05) is 0 Å². The number of rotatable bonds is 3. The van der Waals surface area contributed by atoms with Crippen molar-refractivity contribution < 1.29 is 5.11 Å². The molecular formula is C17H24O. The smallest absolute Gasteiger partial charge is 0.0690 e. The molecule has 98 valence electrons. The van der Waals surface area contributed by atoms with E-state index in [-0.39, 0.29) is 5.60 Å². The van der Waals surface area contributed by atoms with Gasteiger partial charge in [-0.05, 0) is 42.7 Å². The molecule has 18 heavy (non-hydrogen) atoms. The highest BCUT2D eigenvalue weighted by Gasteiger charge is 2.40. The lowest BCUT2D eigenvalue weighted by Gasteiger charge is -2.16. The number of hydrogen-bond acceptors (Lipinski definition) is 1. The summed E-state index contributed by atoms with van der Waals surface area (Å²) in [5, 5.41) is 10.0. The van der Waals surface area contributed by atoms with Crippen LogP contribution in [-0.4, -0.2) is 10.7 Å². The highest BCUT2D eigenvalue weighted by atomic mass is 16.3. The summed E-state index contributed by atoms with van der Waals surface area (Å²) in [7, 11) is 0. The molecule has 2 aliphatic rings. The zero-order valence-corrected chi connectivity index (χ0v) is 11.2. The summed E-state index contributed by atoms with van der Waals surface area (Å²) in [5.74, 6) is 0.765. The van der Waals surface area contributed by atoms with Crippen molar-refractivity contribution in [2.24, 2.45) is 0 Å². The number of aliphatic hydroxyl groups is 1. The summed E-state index contributed by atoms with van der Waals surface area (Å²) in [4.78, 5) is 0. The van der Waals surface area contributed by atoms with Crippen molar-refractivity contribution in [3.05, 3.63) is 35.4 Å². The van der Waals surface area contributed by atoms with Crippen molar-refractivity contribution in [3.8, 4) is 0 Å². The SMILES string of the molecule is OC1(Cc2cccc(C3CCCCCC3)c2)CC1. The Hall–Kier alpha value is -0.820. The Morgan fingerprint density at radius 2 is 1.78 bits per heavy atom. The second kappa shape index (κ2) is 5.05. The molecule has 1 aromatic rings. The van der Waals surface area contributed by atoms with Gasteiger partial charge in [-0.25, -0.2) is 0 Å². The van der Waals surface area contributed by atoms with E-state index in [0.29, 0.717) is 0 Å². The van der Waals surface area contributed by atoms with Crippen molar-refractivity contribution in [1.82, 2.24) is 0 Å². The molecule has 0 amide bonds. The van der Waals surface area contributed by atoms with Crippen LogP contribution in [0, 0.1) is 0 Å². The highest BCUT2D eigenvalue weighted by molar-refractivity contribution is 5.28. The Labute approximate surface area is 110 Å². The Bertz CT molecular complexity index is 398. The molecule has 1 aromatic carbocycles. The molecule has 0 aliphatic heterocycles. The van der Waals surface area contributed by atoms with Crippen LogP contribution < -0.4 is 0 Å². The molecule has 1 N–H and O–H groups in total. The second-order valence-corrected chi connectivity index (χ2v) is 6.33. The molecule has 0 heterocycles. The van der Waals surface area contributed by atoms with E-state index in [2.05, 4.69) is 24.3 Å². The van der Waals surface area contributed by atoms with Gasteiger partial charge in [0.1, 0.15) is 0 Å². The van der Waals surface area contributed by atoms with Crippen molar-refractivity contribution in [2.45, 2.75) is 69.3 Å². The molecule has 2 saturated carbocycles. The fourth-order valence-corrected chi connectivity index (χ4v) is 3.27. The zero-order chi connectivity index (χ0) is 12.4. The lowest BCUT2D eigenvalue weighted by Crippen LogP contribution is -2.11. The second-order valence-electron chi connectivity index (χ2n) is 6.33. The third-order valence-electron chi connectivity index (χ3n) is 4.64. The standard InChI is InChI=1S/C17H24O/c18-17(10-11-17)13-14-6-5-9-16(12-14)15-7-3-1-2-4-8-15/h5-6,9,12,15,18H,1-4,7-8,10-11,13H2. The molecular weight excluding hydrogens is 220 g/mol. The molecule has 0 aromatic heterocycles. The average Bonchev–Trinajstić information content (AvgIpc) is 3.13. The van der Waals surface area contributed by atoms with E-state index >= 15 is 0 Å². The van der Waals surface area contributed by atoms with Gasteiger partial charge in [0.15, 0.2) is 0 Å². The van der Waals surface area contributed by atoms with Gasteiger partial charge in [0.25, 0.3) is 0 Å². The molecule has 0 bridgehead atoms. The fraction of sp³-hybridized carbons (Fsp3) is 0.647. The van der Waals surface area contributed by atoms with Crippen molar-refractivity contribution in [1.29, 1.82) is 0 Å². The maximum absolute atomic E-state index is 10.0. The van der Waals surface area contributed by atoms with Crippen molar-refractivity contribution in [3.63, 3.8) is 0 Å². The predicted molar refractivity (Wildman–Crippen MR) is 74.8 cm³/mol. The van der Waals surface area contributed by atoms with E-state index < -0.39 is 0 Å². The van der Waals surface area contributed by atoms with Gasteiger partial charge >= 0.3 is 0 Å². The van der Waals surface area contributed by atoms with Gasteiger partial charge in [0.2, 0.25) is 0 Å². The van der Waals surface area contributed by atoms with E-state index in [1.54, 1.807) is 0 Å². The van der Waals surface area contributed by atoms with Crippen LogP contribution in [0.2, 0.25) is 0 Å². The fourth-order valence-electron chi connectivity index (χ4n) is 3.27. The molecule has 0 spiro atoms. The Balaban J connectivity index is 1.72. The number of benzene rings is 1. The largest absolute Gasteiger partial charge is 0.390 e. The molecule has 1 nitrogen and oxygen atoms in total.